The van der Waals surface area contributed by atoms with Gasteiger partial charge in [-0.2, -0.15) is 0 Å². The van der Waals surface area contributed by atoms with E-state index in [0.29, 0.717) is 13.1 Å². The fraction of sp³-hybridized carbons (Fsp3) is 0.182. The van der Waals surface area contributed by atoms with Crippen molar-refractivity contribution in [2.75, 3.05) is 0 Å². The van der Waals surface area contributed by atoms with E-state index in [1.807, 2.05) is 10.6 Å². The summed E-state index contributed by atoms with van der Waals surface area (Å²) in [6.07, 6.45) is 5.12. The molecule has 0 unspecified atom stereocenters. The first-order chi connectivity index (χ1) is 7.29. The maximum absolute atomic E-state index is 10.9. The molecule has 15 heavy (non-hydrogen) atoms. The van der Waals surface area contributed by atoms with Gasteiger partial charge in [0.1, 0.15) is 5.76 Å². The lowest BCUT2D eigenvalue weighted by atomic mass is 10.2. The maximum Gasteiger partial charge on any atom is 0.181 e. The molecule has 0 aromatic carbocycles. The molecule has 78 valence electrons. The highest BCUT2D eigenvalue weighted by Crippen LogP contribution is 2.10. The van der Waals surface area contributed by atoms with Gasteiger partial charge in [0.25, 0.3) is 0 Å². The van der Waals surface area contributed by atoms with E-state index in [1.165, 1.54) is 12.1 Å². The summed E-state index contributed by atoms with van der Waals surface area (Å²) in [6, 6.07) is 4.95. The van der Waals surface area contributed by atoms with Crippen LogP contribution in [0.3, 0.4) is 0 Å². The van der Waals surface area contributed by atoms with Crippen molar-refractivity contribution in [3.8, 4) is 0 Å². The van der Waals surface area contributed by atoms with Gasteiger partial charge in [0.15, 0.2) is 5.43 Å². The van der Waals surface area contributed by atoms with Gasteiger partial charge in [0.05, 0.1) is 19.4 Å². The highest BCUT2D eigenvalue weighted by atomic mass is 16.3. The summed E-state index contributed by atoms with van der Waals surface area (Å²) in [5.41, 5.74) is 6.57. The number of hydrogen-bond donors (Lipinski definition) is 1. The first kappa shape index (κ1) is 9.73. The first-order valence-corrected chi connectivity index (χ1v) is 4.71. The standard InChI is InChI=1S/C11H12N2O2/c12-7-11-9(3-6-15-11)8-13-4-1-10(14)2-5-13/h1-6H,7-8,12H2. The Balaban J connectivity index is 2.21. The number of nitrogens with two attached hydrogens (primary N) is 1. The highest BCUT2D eigenvalue weighted by Gasteiger charge is 2.03. The van der Waals surface area contributed by atoms with Gasteiger partial charge in [-0.3, -0.25) is 4.79 Å². The number of pyridine rings is 1. The molecule has 0 aliphatic carbocycles. The predicted molar refractivity (Wildman–Crippen MR) is 56.4 cm³/mol. The van der Waals surface area contributed by atoms with E-state index < -0.39 is 0 Å². The Labute approximate surface area is 86.9 Å². The molecular weight excluding hydrogens is 192 g/mol. The van der Waals surface area contributed by atoms with Crippen LogP contribution < -0.4 is 11.2 Å². The third kappa shape index (κ3) is 2.16. The SMILES string of the molecule is NCc1occc1Cn1ccc(=O)cc1. The minimum Gasteiger partial charge on any atom is -0.468 e. The third-order valence-electron chi connectivity index (χ3n) is 2.24. The fourth-order valence-corrected chi connectivity index (χ4v) is 1.43. The van der Waals surface area contributed by atoms with Gasteiger partial charge in [0, 0.05) is 30.1 Å². The Hall–Kier alpha value is -1.81. The van der Waals surface area contributed by atoms with Crippen molar-refractivity contribution in [3.63, 3.8) is 0 Å². The van der Waals surface area contributed by atoms with Gasteiger partial charge in [-0.1, -0.05) is 0 Å². The molecule has 0 saturated heterocycles. The van der Waals surface area contributed by atoms with E-state index in [-0.39, 0.29) is 5.43 Å². The minimum absolute atomic E-state index is 0.0116. The van der Waals surface area contributed by atoms with Crippen molar-refractivity contribution >= 4 is 0 Å². The van der Waals surface area contributed by atoms with Crippen molar-refractivity contribution in [3.05, 3.63) is 58.4 Å². The summed E-state index contributed by atoms with van der Waals surface area (Å²) in [6.45, 7) is 1.06. The second kappa shape index (κ2) is 4.14. The van der Waals surface area contributed by atoms with Crippen LogP contribution in [0, 0.1) is 0 Å². The molecule has 0 aliphatic heterocycles. The van der Waals surface area contributed by atoms with Gasteiger partial charge in [-0.05, 0) is 6.07 Å². The van der Waals surface area contributed by atoms with Crippen molar-refractivity contribution < 1.29 is 4.42 Å². The van der Waals surface area contributed by atoms with Crippen LogP contribution in [0.25, 0.3) is 0 Å². The fourth-order valence-electron chi connectivity index (χ4n) is 1.43. The molecule has 0 saturated carbocycles. The smallest absolute Gasteiger partial charge is 0.181 e. The predicted octanol–water partition coefficient (Wildman–Crippen LogP) is 0.948. The molecule has 0 aliphatic rings. The summed E-state index contributed by atoms with van der Waals surface area (Å²) in [5, 5.41) is 0. The van der Waals surface area contributed by atoms with Crippen molar-refractivity contribution in [1.29, 1.82) is 0 Å². The van der Waals surface area contributed by atoms with Crippen LogP contribution in [0.5, 0.6) is 0 Å². The zero-order valence-electron chi connectivity index (χ0n) is 8.22. The molecule has 2 aromatic rings. The van der Waals surface area contributed by atoms with Crippen molar-refractivity contribution in [1.82, 2.24) is 4.57 Å². The number of nitrogens with zero attached hydrogens (tertiary/aromatic N) is 1. The van der Waals surface area contributed by atoms with E-state index in [0.717, 1.165) is 11.3 Å². The van der Waals surface area contributed by atoms with Crippen molar-refractivity contribution in [2.45, 2.75) is 13.1 Å². The summed E-state index contributed by atoms with van der Waals surface area (Å²) in [4.78, 5) is 10.9. The van der Waals surface area contributed by atoms with Crippen LogP contribution >= 0.6 is 0 Å². The second-order valence-electron chi connectivity index (χ2n) is 3.28. The Morgan fingerprint density at radius 1 is 1.27 bits per heavy atom. The molecule has 2 heterocycles. The molecule has 0 fully saturated rings. The Morgan fingerprint density at radius 3 is 2.67 bits per heavy atom. The van der Waals surface area contributed by atoms with Crippen molar-refractivity contribution in [2.24, 2.45) is 5.73 Å². The molecule has 2 N–H and O–H groups in total. The molecule has 2 rings (SSSR count). The summed E-state index contributed by atoms with van der Waals surface area (Å²) in [5.74, 6) is 0.786. The zero-order valence-corrected chi connectivity index (χ0v) is 8.22. The molecule has 0 bridgehead atoms. The third-order valence-corrected chi connectivity index (χ3v) is 2.24. The monoisotopic (exact) mass is 204 g/mol. The van der Waals surface area contributed by atoms with Gasteiger partial charge in [-0.15, -0.1) is 0 Å². The van der Waals surface area contributed by atoms with Gasteiger partial charge in [0.2, 0.25) is 0 Å². The van der Waals surface area contributed by atoms with Crippen LogP contribution in [0.2, 0.25) is 0 Å². The molecule has 0 atom stereocenters. The van der Waals surface area contributed by atoms with E-state index in [1.54, 1.807) is 18.7 Å². The lowest BCUT2D eigenvalue weighted by Gasteiger charge is -2.04. The summed E-state index contributed by atoms with van der Waals surface area (Å²) in [7, 11) is 0. The van der Waals surface area contributed by atoms with Gasteiger partial charge in [-0.25, -0.2) is 0 Å². The minimum atomic E-state index is 0.0116. The summed E-state index contributed by atoms with van der Waals surface area (Å²) >= 11 is 0. The lowest BCUT2D eigenvalue weighted by molar-refractivity contribution is 0.505. The maximum atomic E-state index is 10.9. The van der Waals surface area contributed by atoms with Crippen LogP contribution in [0.4, 0.5) is 0 Å². The largest absolute Gasteiger partial charge is 0.468 e. The van der Waals surface area contributed by atoms with Gasteiger partial charge >= 0.3 is 0 Å². The van der Waals surface area contributed by atoms with Crippen LogP contribution in [-0.4, -0.2) is 4.57 Å². The molecule has 0 spiro atoms. The topological polar surface area (TPSA) is 61.2 Å². The van der Waals surface area contributed by atoms with E-state index >= 15 is 0 Å². The second-order valence-corrected chi connectivity index (χ2v) is 3.28. The van der Waals surface area contributed by atoms with E-state index in [2.05, 4.69) is 0 Å². The lowest BCUT2D eigenvalue weighted by Crippen LogP contribution is -2.06. The molecule has 2 aromatic heterocycles. The number of rotatable bonds is 3. The highest BCUT2D eigenvalue weighted by molar-refractivity contribution is 5.17. The number of furan rings is 1. The average molecular weight is 204 g/mol. The van der Waals surface area contributed by atoms with Crippen LogP contribution in [-0.2, 0) is 13.1 Å². The van der Waals surface area contributed by atoms with Crippen LogP contribution in [0.1, 0.15) is 11.3 Å². The number of aromatic nitrogens is 1. The van der Waals surface area contributed by atoms with E-state index in [4.69, 9.17) is 10.2 Å². The molecule has 4 nitrogen and oxygen atoms in total. The zero-order chi connectivity index (χ0) is 10.7. The number of hydrogen-bond acceptors (Lipinski definition) is 3. The van der Waals surface area contributed by atoms with Crippen LogP contribution in [0.15, 0.2) is 46.1 Å². The Kier molecular flexibility index (Phi) is 2.69. The normalized spacial score (nSPS) is 10.5. The quantitative estimate of drug-likeness (QED) is 0.809. The molecule has 0 amide bonds. The molecule has 4 heteroatoms. The Morgan fingerprint density at radius 2 is 2.00 bits per heavy atom. The molecular formula is C11H12N2O2. The van der Waals surface area contributed by atoms with Gasteiger partial charge < -0.3 is 14.7 Å². The Bertz CT molecular complexity index is 479. The molecule has 0 radical (unpaired) electrons. The first-order valence-electron chi connectivity index (χ1n) is 4.71. The average Bonchev–Trinajstić information content (AvgIpc) is 2.69. The summed E-state index contributed by atoms with van der Waals surface area (Å²) < 4.78 is 7.12. The van der Waals surface area contributed by atoms with E-state index in [9.17, 15) is 4.79 Å².